The van der Waals surface area contributed by atoms with E-state index < -0.39 is 201 Å². The van der Waals surface area contributed by atoms with Crippen LogP contribution >= 0.6 is 15.6 Å². The van der Waals surface area contributed by atoms with Gasteiger partial charge < -0.3 is 126 Å². The summed E-state index contributed by atoms with van der Waals surface area (Å²) in [6, 6.07) is -4.53. The summed E-state index contributed by atoms with van der Waals surface area (Å²) in [4.78, 5) is 70.4. The van der Waals surface area contributed by atoms with E-state index in [4.69, 9.17) is 52.2 Å². The third-order valence-corrected chi connectivity index (χ3v) is 13.6. The molecule has 4 fully saturated rings. The molecule has 0 aromatic carbocycles. The zero-order valence-electron chi connectivity index (χ0n) is 40.2. The molecular weight excluding hydrogens is 1070 g/mol. The Morgan fingerprint density at radius 1 is 0.573 bits per heavy atom. The summed E-state index contributed by atoms with van der Waals surface area (Å²) in [5, 5.41) is 133. The molecule has 2 unspecified atom stereocenters. The van der Waals surface area contributed by atoms with Crippen LogP contribution in [0.2, 0.25) is 0 Å². The zero-order valence-corrected chi connectivity index (χ0v) is 42.0. The van der Waals surface area contributed by atoms with E-state index in [1.54, 1.807) is 0 Å². The topological polar surface area (TPSA) is 552 Å². The Kier molecular flexibility index (Phi) is 25.5. The summed E-state index contributed by atoms with van der Waals surface area (Å²) in [5.41, 5.74) is 5.60. The molecule has 0 aromatic heterocycles. The fourth-order valence-corrected chi connectivity index (χ4v) is 9.43. The van der Waals surface area contributed by atoms with Gasteiger partial charge in [0.1, 0.15) is 110 Å². The monoisotopic (exact) mass is 1140 g/mol. The van der Waals surface area contributed by atoms with E-state index in [-0.39, 0.29) is 39.0 Å². The molecule has 23 atom stereocenters. The van der Waals surface area contributed by atoms with Crippen LogP contribution in [-0.4, -0.2) is 276 Å². The lowest BCUT2D eigenvalue weighted by Crippen LogP contribution is -2.64. The number of phosphoric ester groups is 2. The molecule has 0 aliphatic carbocycles. The Labute approximate surface area is 426 Å². The smallest absolute Gasteiger partial charge is 0.394 e. The van der Waals surface area contributed by atoms with Crippen LogP contribution in [0.5, 0.6) is 0 Å². The van der Waals surface area contributed by atoms with Gasteiger partial charge in [-0.25, -0.2) is 9.13 Å². The van der Waals surface area contributed by atoms with E-state index in [0.717, 1.165) is 13.8 Å². The summed E-state index contributed by atoms with van der Waals surface area (Å²) >= 11 is 0. The van der Waals surface area contributed by atoms with Crippen molar-refractivity contribution in [3.63, 3.8) is 0 Å². The zero-order chi connectivity index (χ0) is 56.1. The molecule has 4 rings (SSSR count). The van der Waals surface area contributed by atoms with E-state index >= 15 is 0 Å². The molecule has 0 bridgehead atoms. The number of rotatable bonds is 27. The van der Waals surface area contributed by atoms with Crippen molar-refractivity contribution in [2.45, 2.75) is 162 Å². The molecule has 4 heterocycles. The van der Waals surface area contributed by atoms with Gasteiger partial charge in [0, 0.05) is 20.4 Å². The van der Waals surface area contributed by atoms with Gasteiger partial charge in [-0.15, -0.1) is 0 Å². The van der Waals surface area contributed by atoms with Crippen molar-refractivity contribution in [1.82, 2.24) is 21.3 Å². The predicted octanol–water partition coefficient (Wildman–Crippen LogP) is -10.5. The molecule has 0 radical (unpaired) electrons. The fraction of sp³-hybridized carbons (Fsp3) is 0.895. The number of aliphatic hydroxyl groups excluding tert-OH is 12. The van der Waals surface area contributed by atoms with Gasteiger partial charge in [0.15, 0.2) is 25.2 Å². The molecule has 4 saturated heterocycles. The van der Waals surface area contributed by atoms with Gasteiger partial charge in [0.25, 0.3) is 0 Å². The normalized spacial score (nSPS) is 38.3. The van der Waals surface area contributed by atoms with Crippen molar-refractivity contribution in [3.05, 3.63) is 0 Å². The summed E-state index contributed by atoms with van der Waals surface area (Å²) in [6.07, 6.45) is -32.9. The van der Waals surface area contributed by atoms with Crippen LogP contribution in [0.15, 0.2) is 0 Å². The predicted molar refractivity (Wildman–Crippen MR) is 238 cm³/mol. The van der Waals surface area contributed by atoms with E-state index in [1.807, 2.05) is 0 Å². The van der Waals surface area contributed by atoms with Crippen molar-refractivity contribution >= 4 is 39.3 Å². The summed E-state index contributed by atoms with van der Waals surface area (Å²) < 4.78 is 77.6. The van der Waals surface area contributed by atoms with Crippen LogP contribution in [0.1, 0.15) is 33.1 Å². The van der Waals surface area contributed by atoms with Crippen LogP contribution in [0, 0.1) is 0 Å². The standard InChI is InChI=1S/C38H69N5O30P2/c1-14(46)41-22-28(53)24(49)17(9-44)68-35(22)72-74(60,61)66-11-19-26(51)30(55)32(57)37(70-19)64-8-4-7-40-34(59)16(5-3-6-39)43-21(48)13-65-38-33(58)31(56)27(52)20(71-38)12-67-75(62,63)73-36-23(42-15(2)47)29(54)25(50)18(10-45)69-36/h16-20,22-33,35-38,44-45,49-58H,3-13,39H2,1-2H3,(H,40,59)(H,41,46)(H,42,47)(H,43,48)(H,60,61)(H,62,63)/t16-,17+,18+,19+,20+,22+,23+,24+,25+,26+,27+,28+,29+,30-,31-,32-,33-,35+,36+,37-,38-/m0/s1. The van der Waals surface area contributed by atoms with Gasteiger partial charge in [-0.2, -0.15) is 0 Å². The van der Waals surface area contributed by atoms with Gasteiger partial charge in [0.2, 0.25) is 23.6 Å². The van der Waals surface area contributed by atoms with Gasteiger partial charge in [-0.05, 0) is 25.8 Å². The average molecular weight is 1140 g/mol. The van der Waals surface area contributed by atoms with Crippen LogP contribution in [-0.2, 0) is 74.8 Å². The molecule has 4 aliphatic rings. The van der Waals surface area contributed by atoms with Gasteiger partial charge in [-0.3, -0.25) is 37.3 Å². The number of carbonyl (C=O) groups is 4. The number of nitrogens with two attached hydrogens (primary N) is 1. The number of carbonyl (C=O) groups excluding carboxylic acids is 4. The lowest BCUT2D eigenvalue weighted by molar-refractivity contribution is -0.300. The lowest BCUT2D eigenvalue weighted by Gasteiger charge is -2.42. The highest BCUT2D eigenvalue weighted by atomic mass is 31.2. The lowest BCUT2D eigenvalue weighted by atomic mass is 9.97. The van der Waals surface area contributed by atoms with Gasteiger partial charge in [0.05, 0.1) is 33.0 Å². The van der Waals surface area contributed by atoms with Crippen LogP contribution in [0.3, 0.4) is 0 Å². The maximum Gasteiger partial charge on any atom is 0.474 e. The van der Waals surface area contributed by atoms with E-state index in [1.165, 1.54) is 0 Å². The number of nitrogens with one attached hydrogen (secondary N) is 4. The summed E-state index contributed by atoms with van der Waals surface area (Å²) in [5.74, 6) is -3.26. The summed E-state index contributed by atoms with van der Waals surface area (Å²) in [6.45, 7) is -3.10. The molecule has 0 spiro atoms. The number of ether oxygens (including phenoxy) is 6. The van der Waals surface area contributed by atoms with Crippen molar-refractivity contribution in [1.29, 1.82) is 0 Å². The molecule has 4 amide bonds. The number of amides is 4. The van der Waals surface area contributed by atoms with Gasteiger partial charge in [-0.1, -0.05) is 0 Å². The van der Waals surface area contributed by atoms with Crippen molar-refractivity contribution in [3.8, 4) is 0 Å². The van der Waals surface area contributed by atoms with Crippen LogP contribution in [0.25, 0.3) is 0 Å². The number of aliphatic hydroxyl groups is 12. The minimum atomic E-state index is -5.31. The number of hydrogen-bond donors (Lipinski definition) is 19. The Bertz CT molecular complexity index is 1940. The van der Waals surface area contributed by atoms with E-state index in [9.17, 15) is 99.4 Å². The first-order valence-corrected chi connectivity index (χ1v) is 26.1. The molecule has 75 heavy (non-hydrogen) atoms. The van der Waals surface area contributed by atoms with E-state index in [0.29, 0.717) is 0 Å². The first kappa shape index (κ1) is 64.9. The molecule has 0 aromatic rings. The molecule has 35 nitrogen and oxygen atoms in total. The molecule has 0 saturated carbocycles. The Morgan fingerprint density at radius 3 is 1.40 bits per heavy atom. The average Bonchev–Trinajstić information content (AvgIpc) is 3.34. The number of hydrogen-bond acceptors (Lipinski definition) is 29. The van der Waals surface area contributed by atoms with Gasteiger partial charge >= 0.3 is 15.6 Å². The minimum Gasteiger partial charge on any atom is -0.394 e. The molecule has 4 aliphatic heterocycles. The van der Waals surface area contributed by atoms with Crippen molar-refractivity contribution in [2.24, 2.45) is 5.73 Å². The second-order valence-corrected chi connectivity index (χ2v) is 20.3. The summed E-state index contributed by atoms with van der Waals surface area (Å²) in [7, 11) is -10.6. The molecule has 436 valence electrons. The van der Waals surface area contributed by atoms with Crippen LogP contribution in [0.4, 0.5) is 0 Å². The third-order valence-electron chi connectivity index (χ3n) is 11.7. The van der Waals surface area contributed by atoms with Crippen molar-refractivity contribution in [2.75, 3.05) is 52.7 Å². The van der Waals surface area contributed by atoms with Crippen molar-refractivity contribution < 1.29 is 146 Å². The maximum absolute atomic E-state index is 13.2. The first-order chi connectivity index (χ1) is 35.1. The second kappa shape index (κ2) is 29.5. The first-order valence-electron chi connectivity index (χ1n) is 23.2. The molecule has 20 N–H and O–H groups in total. The minimum absolute atomic E-state index is 0.00615. The fourth-order valence-electron chi connectivity index (χ4n) is 7.75. The highest BCUT2D eigenvalue weighted by molar-refractivity contribution is 7.47. The Hall–Kier alpha value is -2.66. The highest BCUT2D eigenvalue weighted by Gasteiger charge is 2.52. The molecule has 37 heteroatoms. The van der Waals surface area contributed by atoms with E-state index in [2.05, 4.69) is 21.3 Å². The third kappa shape index (κ3) is 18.5. The highest BCUT2D eigenvalue weighted by Crippen LogP contribution is 2.48. The largest absolute Gasteiger partial charge is 0.474 e. The quantitative estimate of drug-likeness (QED) is 0.0268. The number of phosphoric acid groups is 2. The maximum atomic E-state index is 13.2. The second-order valence-electron chi connectivity index (χ2n) is 17.5. The molecular formula is C38H69N5O30P2. The Balaban J connectivity index is 1.24. The van der Waals surface area contributed by atoms with Crippen LogP contribution < -0.4 is 27.0 Å². The Morgan fingerprint density at radius 2 is 0.987 bits per heavy atom. The SMILES string of the molecule is CC(=O)N[C@H]1[C@@H](OP(=O)(O)OC[C@H]2O[C@H](OCCCNC(=O)[C@H](CCCN)NC(=O)CO[C@H]3O[C@H](COP(=O)(O)O[C@H]4O[C@H](CO)[C@@H](O)[C@H](O)[C@H]4NC(C)=O)[C@@H](O)[C@H](O)[C@@H]3O)[C@@H](O)[C@@H](O)[C@@H]2O)O[C@H](CO)[C@@H](O)[C@@H]1O.